The summed E-state index contributed by atoms with van der Waals surface area (Å²) in [5.41, 5.74) is 0. The van der Waals surface area contributed by atoms with Gasteiger partial charge in [0.15, 0.2) is 5.03 Å². The van der Waals surface area contributed by atoms with Gasteiger partial charge in [0.05, 0.1) is 6.33 Å². The van der Waals surface area contributed by atoms with Crippen LogP contribution in [0, 0.1) is 0 Å². The summed E-state index contributed by atoms with van der Waals surface area (Å²) in [6.45, 7) is 4.31. The molecule has 0 aromatic carbocycles. The molecule has 0 N–H and O–H groups in total. The van der Waals surface area contributed by atoms with Crippen LogP contribution < -0.4 is 0 Å². The Hall–Kier alpha value is -0.810. The number of aryl methyl sites for hydroxylation is 1. The van der Waals surface area contributed by atoms with E-state index in [-0.39, 0.29) is 5.03 Å². The number of aromatic nitrogens is 2. The first-order valence-corrected chi connectivity index (χ1v) is 6.42. The molecule has 0 aliphatic heterocycles. The average molecular weight is 235 g/mol. The van der Waals surface area contributed by atoms with Gasteiger partial charge in [0.2, 0.25) is 0 Å². The molecule has 1 aromatic rings. The van der Waals surface area contributed by atoms with Crippen LogP contribution >= 0.6 is 10.7 Å². The van der Waals surface area contributed by atoms with Gasteiger partial charge in [-0.1, -0.05) is 6.08 Å². The maximum absolute atomic E-state index is 10.8. The lowest BCUT2D eigenvalue weighted by atomic mass is 10.3. The Labute approximate surface area is 87.6 Å². The topological polar surface area (TPSA) is 52.0 Å². The van der Waals surface area contributed by atoms with Crippen molar-refractivity contribution in [1.29, 1.82) is 0 Å². The summed E-state index contributed by atoms with van der Waals surface area (Å²) in [6.07, 6.45) is 6.49. The quantitative estimate of drug-likeness (QED) is 0.443. The Morgan fingerprint density at radius 1 is 1.64 bits per heavy atom. The number of halogens is 1. The fraction of sp³-hybridized carbons (Fsp3) is 0.375. The Bertz CT molecular complexity index is 411. The van der Waals surface area contributed by atoms with E-state index in [9.17, 15) is 8.42 Å². The lowest BCUT2D eigenvalue weighted by Crippen LogP contribution is -1.94. The standard InChI is InChI=1S/C8H11ClN2O2S/c1-2-3-4-5-11-6-8(10-7-11)14(9,12)13/h2,6-7H,1,3-5H2. The molecule has 0 fully saturated rings. The highest BCUT2D eigenvalue weighted by molar-refractivity contribution is 8.13. The number of imidazole rings is 1. The number of hydrogen-bond acceptors (Lipinski definition) is 3. The molecule has 0 saturated carbocycles. The third-order valence-electron chi connectivity index (χ3n) is 1.68. The second-order valence-corrected chi connectivity index (χ2v) is 5.33. The van der Waals surface area contributed by atoms with Gasteiger partial charge in [0.25, 0.3) is 9.05 Å². The monoisotopic (exact) mass is 234 g/mol. The molecule has 0 bridgehead atoms. The lowest BCUT2D eigenvalue weighted by Gasteiger charge is -1.97. The van der Waals surface area contributed by atoms with Crippen LogP contribution in [0.25, 0.3) is 0 Å². The van der Waals surface area contributed by atoms with Gasteiger partial charge < -0.3 is 4.57 Å². The Balaban J connectivity index is 2.64. The summed E-state index contributed by atoms with van der Waals surface area (Å²) >= 11 is 0. The predicted octanol–water partition coefficient (Wildman–Crippen LogP) is 1.78. The van der Waals surface area contributed by atoms with Crippen molar-refractivity contribution >= 4 is 19.7 Å². The number of rotatable bonds is 5. The minimum Gasteiger partial charge on any atom is -0.336 e. The van der Waals surface area contributed by atoms with E-state index in [2.05, 4.69) is 11.6 Å². The molecule has 0 amide bonds. The summed E-state index contributed by atoms with van der Waals surface area (Å²) in [5, 5.41) is -0.0993. The van der Waals surface area contributed by atoms with E-state index >= 15 is 0 Å². The molecule has 1 rings (SSSR count). The van der Waals surface area contributed by atoms with Crippen LogP contribution in [0.4, 0.5) is 0 Å². The van der Waals surface area contributed by atoms with E-state index in [1.165, 1.54) is 12.5 Å². The molecule has 0 aliphatic carbocycles. The van der Waals surface area contributed by atoms with Crippen LogP contribution in [0.3, 0.4) is 0 Å². The third-order valence-corrected chi connectivity index (χ3v) is 2.87. The molecule has 0 spiro atoms. The van der Waals surface area contributed by atoms with Crippen molar-refractivity contribution in [2.24, 2.45) is 0 Å². The maximum atomic E-state index is 10.8. The highest BCUT2D eigenvalue weighted by Crippen LogP contribution is 2.11. The van der Waals surface area contributed by atoms with Crippen LogP contribution in [-0.2, 0) is 15.6 Å². The van der Waals surface area contributed by atoms with E-state index in [1.807, 2.05) is 6.08 Å². The van der Waals surface area contributed by atoms with Crippen molar-refractivity contribution in [3.05, 3.63) is 25.2 Å². The molecular formula is C8H11ClN2O2S. The van der Waals surface area contributed by atoms with Crippen LogP contribution in [0.1, 0.15) is 12.8 Å². The zero-order chi connectivity index (χ0) is 10.6. The molecule has 0 saturated heterocycles. The first-order valence-electron chi connectivity index (χ1n) is 4.11. The molecule has 6 heteroatoms. The third kappa shape index (κ3) is 3.16. The predicted molar refractivity (Wildman–Crippen MR) is 54.7 cm³/mol. The number of hydrogen-bond donors (Lipinski definition) is 0. The second-order valence-electron chi connectivity index (χ2n) is 2.82. The van der Waals surface area contributed by atoms with E-state index < -0.39 is 9.05 Å². The second kappa shape index (κ2) is 4.61. The van der Waals surface area contributed by atoms with Crippen LogP contribution in [0.2, 0.25) is 0 Å². The molecule has 0 radical (unpaired) electrons. The first-order chi connectivity index (χ1) is 6.54. The van der Waals surface area contributed by atoms with E-state index in [4.69, 9.17) is 10.7 Å². The molecule has 0 aliphatic rings. The van der Waals surface area contributed by atoms with Gasteiger partial charge in [-0.05, 0) is 12.8 Å². The van der Waals surface area contributed by atoms with Crippen LogP contribution in [0.5, 0.6) is 0 Å². The highest BCUT2D eigenvalue weighted by atomic mass is 35.7. The fourth-order valence-electron chi connectivity index (χ4n) is 1.01. The summed E-state index contributed by atoms with van der Waals surface area (Å²) in [7, 11) is 1.42. The number of unbranched alkanes of at least 4 members (excludes halogenated alkanes) is 1. The Kier molecular flexibility index (Phi) is 3.71. The van der Waals surface area contributed by atoms with Gasteiger partial charge in [-0.15, -0.1) is 6.58 Å². The minimum atomic E-state index is -3.69. The summed E-state index contributed by atoms with van der Waals surface area (Å²) in [6, 6.07) is 0. The van der Waals surface area contributed by atoms with Gasteiger partial charge in [-0.25, -0.2) is 13.4 Å². The van der Waals surface area contributed by atoms with Crippen molar-refractivity contribution in [2.75, 3.05) is 0 Å². The number of nitrogens with zero attached hydrogens (tertiary/aromatic N) is 2. The van der Waals surface area contributed by atoms with Gasteiger partial charge in [-0.3, -0.25) is 0 Å². The zero-order valence-corrected chi connectivity index (χ0v) is 9.13. The molecular weight excluding hydrogens is 224 g/mol. The molecule has 78 valence electrons. The maximum Gasteiger partial charge on any atom is 0.280 e. The summed E-state index contributed by atoms with van der Waals surface area (Å²) in [4.78, 5) is 3.68. The zero-order valence-electron chi connectivity index (χ0n) is 7.56. The summed E-state index contributed by atoms with van der Waals surface area (Å²) in [5.74, 6) is 0. The minimum absolute atomic E-state index is 0.0993. The van der Waals surface area contributed by atoms with E-state index in [1.54, 1.807) is 4.57 Å². The summed E-state index contributed by atoms with van der Waals surface area (Å²) < 4.78 is 23.4. The van der Waals surface area contributed by atoms with E-state index in [0.717, 1.165) is 12.8 Å². The molecule has 1 heterocycles. The number of allylic oxidation sites excluding steroid dienone is 1. The smallest absolute Gasteiger partial charge is 0.280 e. The van der Waals surface area contributed by atoms with Crippen molar-refractivity contribution < 1.29 is 8.42 Å². The van der Waals surface area contributed by atoms with Gasteiger partial charge in [-0.2, -0.15) is 0 Å². The Morgan fingerprint density at radius 3 is 2.86 bits per heavy atom. The normalized spacial score (nSPS) is 11.5. The van der Waals surface area contributed by atoms with Gasteiger partial charge >= 0.3 is 0 Å². The molecule has 4 nitrogen and oxygen atoms in total. The van der Waals surface area contributed by atoms with Crippen molar-refractivity contribution in [2.45, 2.75) is 24.4 Å². The largest absolute Gasteiger partial charge is 0.336 e. The lowest BCUT2D eigenvalue weighted by molar-refractivity contribution is 0.606. The van der Waals surface area contributed by atoms with Crippen molar-refractivity contribution in [3.63, 3.8) is 0 Å². The van der Waals surface area contributed by atoms with Gasteiger partial charge in [0.1, 0.15) is 0 Å². The average Bonchev–Trinajstić information content (AvgIpc) is 2.52. The molecule has 14 heavy (non-hydrogen) atoms. The Morgan fingerprint density at radius 2 is 2.36 bits per heavy atom. The van der Waals surface area contributed by atoms with Crippen molar-refractivity contribution in [1.82, 2.24) is 9.55 Å². The van der Waals surface area contributed by atoms with Crippen LogP contribution in [0.15, 0.2) is 30.2 Å². The molecule has 0 unspecified atom stereocenters. The first kappa shape index (κ1) is 11.3. The fourth-order valence-corrected chi connectivity index (χ4v) is 1.68. The van der Waals surface area contributed by atoms with E-state index in [0.29, 0.717) is 6.54 Å². The van der Waals surface area contributed by atoms with Gasteiger partial charge in [0, 0.05) is 23.4 Å². The molecule has 0 atom stereocenters. The molecule has 1 aromatic heterocycles. The SMILES string of the molecule is C=CCCCn1cnc(S(=O)(=O)Cl)c1. The highest BCUT2D eigenvalue weighted by Gasteiger charge is 2.12. The van der Waals surface area contributed by atoms with Crippen LogP contribution in [-0.4, -0.2) is 18.0 Å². The van der Waals surface area contributed by atoms with Crippen molar-refractivity contribution in [3.8, 4) is 0 Å².